The van der Waals surface area contributed by atoms with Crippen molar-refractivity contribution >= 4 is 21.6 Å². The monoisotopic (exact) mass is 327 g/mol. The fourth-order valence-corrected chi connectivity index (χ4v) is 4.50. The van der Waals surface area contributed by atoms with E-state index in [2.05, 4.69) is 0 Å². The molecule has 0 saturated carbocycles. The highest BCUT2D eigenvalue weighted by Crippen LogP contribution is 2.28. The third kappa shape index (κ3) is 3.38. The largest absolute Gasteiger partial charge is 0.328 e. The molecular formula is C14H18ClN3O2S. The fraction of sp³-hybridized carbons (Fsp3) is 0.500. The number of nitrogens with zero attached hydrogens (tertiary/aromatic N) is 2. The molecule has 0 amide bonds. The lowest BCUT2D eigenvalue weighted by Gasteiger charge is -2.33. The molecule has 1 saturated heterocycles. The second kappa shape index (κ2) is 6.32. The number of halogens is 1. The van der Waals surface area contributed by atoms with Crippen LogP contribution >= 0.6 is 11.6 Å². The first-order chi connectivity index (χ1) is 9.86. The van der Waals surface area contributed by atoms with Crippen LogP contribution in [0.1, 0.15) is 25.3 Å². The van der Waals surface area contributed by atoms with E-state index in [1.807, 2.05) is 13.0 Å². The van der Waals surface area contributed by atoms with Crippen LogP contribution in [-0.2, 0) is 10.0 Å². The maximum Gasteiger partial charge on any atom is 0.244 e. The van der Waals surface area contributed by atoms with Gasteiger partial charge in [-0.3, -0.25) is 0 Å². The van der Waals surface area contributed by atoms with Crippen molar-refractivity contribution in [2.75, 3.05) is 13.1 Å². The summed E-state index contributed by atoms with van der Waals surface area (Å²) in [5.74, 6) is 0.137. The van der Waals surface area contributed by atoms with Gasteiger partial charge in [-0.1, -0.05) is 11.6 Å². The topological polar surface area (TPSA) is 87.2 Å². The number of benzene rings is 1. The van der Waals surface area contributed by atoms with E-state index >= 15 is 0 Å². The van der Waals surface area contributed by atoms with E-state index in [1.165, 1.54) is 22.5 Å². The van der Waals surface area contributed by atoms with Gasteiger partial charge >= 0.3 is 0 Å². The van der Waals surface area contributed by atoms with Crippen molar-refractivity contribution in [2.24, 2.45) is 11.7 Å². The van der Waals surface area contributed by atoms with Gasteiger partial charge in [-0.15, -0.1) is 0 Å². The summed E-state index contributed by atoms with van der Waals surface area (Å²) in [5.41, 5.74) is 6.01. The zero-order valence-corrected chi connectivity index (χ0v) is 13.4. The summed E-state index contributed by atoms with van der Waals surface area (Å²) in [6, 6.07) is 6.14. The molecule has 0 bridgehead atoms. The Morgan fingerprint density at radius 1 is 1.52 bits per heavy atom. The second-order valence-electron chi connectivity index (χ2n) is 5.38. The quantitative estimate of drug-likeness (QED) is 0.919. The molecule has 1 aliphatic heterocycles. The van der Waals surface area contributed by atoms with Gasteiger partial charge in [0.15, 0.2) is 0 Å². The van der Waals surface area contributed by atoms with Crippen LogP contribution in [0.4, 0.5) is 0 Å². The molecule has 2 atom stereocenters. The van der Waals surface area contributed by atoms with Crippen molar-refractivity contribution in [3.63, 3.8) is 0 Å². The fourth-order valence-electron chi connectivity index (χ4n) is 2.56. The van der Waals surface area contributed by atoms with Gasteiger partial charge in [-0.05, 0) is 43.9 Å². The standard InChI is InChI=1S/C14H18ClN3O2S/c1-10(17)12-3-2-6-18(9-12)21(19,20)14-7-13(15)5-4-11(14)8-16/h4-5,7,10,12H,2-3,6,9,17H2,1H3. The van der Waals surface area contributed by atoms with Crippen LogP contribution in [0.25, 0.3) is 0 Å². The Balaban J connectivity index is 2.38. The molecule has 1 aromatic rings. The molecule has 0 radical (unpaired) electrons. The van der Waals surface area contributed by atoms with Crippen LogP contribution in [0.2, 0.25) is 5.02 Å². The summed E-state index contributed by atoms with van der Waals surface area (Å²) in [6.45, 7) is 2.72. The number of nitrogens with two attached hydrogens (primary N) is 1. The molecule has 114 valence electrons. The lowest BCUT2D eigenvalue weighted by Crippen LogP contribution is -2.45. The summed E-state index contributed by atoms with van der Waals surface area (Å²) in [4.78, 5) is -0.0252. The first-order valence-corrected chi connectivity index (χ1v) is 8.63. The maximum atomic E-state index is 12.8. The summed E-state index contributed by atoms with van der Waals surface area (Å²) in [6.07, 6.45) is 1.69. The predicted molar refractivity (Wildman–Crippen MR) is 81.3 cm³/mol. The number of hydrogen-bond acceptors (Lipinski definition) is 4. The Bertz CT molecular complexity index is 667. The van der Waals surface area contributed by atoms with E-state index in [-0.39, 0.29) is 22.4 Å². The van der Waals surface area contributed by atoms with Crippen molar-refractivity contribution in [1.29, 1.82) is 5.26 Å². The zero-order chi connectivity index (χ0) is 15.6. The number of hydrogen-bond donors (Lipinski definition) is 1. The molecule has 21 heavy (non-hydrogen) atoms. The number of piperidine rings is 1. The lowest BCUT2D eigenvalue weighted by molar-refractivity contribution is 0.243. The van der Waals surface area contributed by atoms with E-state index in [4.69, 9.17) is 22.6 Å². The van der Waals surface area contributed by atoms with E-state index in [1.54, 1.807) is 0 Å². The molecule has 2 unspecified atom stereocenters. The van der Waals surface area contributed by atoms with Gasteiger partial charge in [0.2, 0.25) is 10.0 Å². The Labute approximate surface area is 130 Å². The molecule has 2 rings (SSSR count). The van der Waals surface area contributed by atoms with E-state index < -0.39 is 10.0 Å². The van der Waals surface area contributed by atoms with E-state index in [0.29, 0.717) is 18.1 Å². The first-order valence-electron chi connectivity index (χ1n) is 6.81. The van der Waals surface area contributed by atoms with Gasteiger partial charge in [0.1, 0.15) is 11.0 Å². The number of sulfonamides is 1. The molecule has 0 aliphatic carbocycles. The normalized spacial score (nSPS) is 21.7. The lowest BCUT2D eigenvalue weighted by atomic mass is 9.93. The summed E-state index contributed by atoms with van der Waals surface area (Å²) in [5, 5.41) is 9.41. The number of nitriles is 1. The first kappa shape index (κ1) is 16.2. The minimum absolute atomic E-state index is 0.0252. The summed E-state index contributed by atoms with van der Waals surface area (Å²) >= 11 is 5.89. The van der Waals surface area contributed by atoms with Crippen molar-refractivity contribution in [1.82, 2.24) is 4.31 Å². The Kier molecular flexibility index (Phi) is 4.89. The highest BCUT2D eigenvalue weighted by Gasteiger charge is 2.33. The molecule has 5 nitrogen and oxygen atoms in total. The summed E-state index contributed by atoms with van der Waals surface area (Å²) in [7, 11) is -3.72. The van der Waals surface area contributed by atoms with Crippen LogP contribution in [0.3, 0.4) is 0 Å². The molecule has 1 heterocycles. The molecule has 1 aromatic carbocycles. The Hall–Kier alpha value is -1.13. The Morgan fingerprint density at radius 2 is 2.24 bits per heavy atom. The van der Waals surface area contributed by atoms with Crippen molar-refractivity contribution in [3.8, 4) is 6.07 Å². The zero-order valence-electron chi connectivity index (χ0n) is 11.8. The van der Waals surface area contributed by atoms with Gasteiger partial charge in [-0.2, -0.15) is 9.57 Å². The van der Waals surface area contributed by atoms with Crippen LogP contribution < -0.4 is 5.73 Å². The molecular weight excluding hydrogens is 310 g/mol. The minimum Gasteiger partial charge on any atom is -0.328 e. The van der Waals surface area contributed by atoms with Crippen molar-refractivity contribution in [3.05, 3.63) is 28.8 Å². The van der Waals surface area contributed by atoms with Gasteiger partial charge in [-0.25, -0.2) is 8.42 Å². The SMILES string of the molecule is CC(N)C1CCCN(S(=O)(=O)c2cc(Cl)ccc2C#N)C1. The third-order valence-electron chi connectivity index (χ3n) is 3.85. The maximum absolute atomic E-state index is 12.8. The highest BCUT2D eigenvalue weighted by molar-refractivity contribution is 7.89. The average Bonchev–Trinajstić information content (AvgIpc) is 2.47. The molecule has 0 aromatic heterocycles. The van der Waals surface area contributed by atoms with Gasteiger partial charge < -0.3 is 5.73 Å². The molecule has 0 spiro atoms. The molecule has 7 heteroatoms. The molecule has 2 N–H and O–H groups in total. The average molecular weight is 328 g/mol. The van der Waals surface area contributed by atoms with Gasteiger partial charge in [0, 0.05) is 24.2 Å². The van der Waals surface area contributed by atoms with Gasteiger partial charge in [0.05, 0.1) is 5.56 Å². The van der Waals surface area contributed by atoms with Crippen LogP contribution in [0.5, 0.6) is 0 Å². The summed E-state index contributed by atoms with van der Waals surface area (Å²) < 4.78 is 26.9. The predicted octanol–water partition coefficient (Wildman–Crippen LogP) is 1.96. The number of rotatable bonds is 3. The minimum atomic E-state index is -3.72. The van der Waals surface area contributed by atoms with Crippen molar-refractivity contribution in [2.45, 2.75) is 30.7 Å². The van der Waals surface area contributed by atoms with Crippen LogP contribution in [-0.4, -0.2) is 31.9 Å². The van der Waals surface area contributed by atoms with Crippen molar-refractivity contribution < 1.29 is 8.42 Å². The second-order valence-corrected chi connectivity index (χ2v) is 7.72. The molecule has 1 fully saturated rings. The van der Waals surface area contributed by atoms with Gasteiger partial charge in [0.25, 0.3) is 0 Å². The highest BCUT2D eigenvalue weighted by atomic mass is 35.5. The van der Waals surface area contributed by atoms with E-state index in [9.17, 15) is 8.42 Å². The van der Waals surface area contributed by atoms with Crippen LogP contribution in [0.15, 0.2) is 23.1 Å². The molecule has 1 aliphatic rings. The third-order valence-corrected chi connectivity index (χ3v) is 5.99. The smallest absolute Gasteiger partial charge is 0.244 e. The Morgan fingerprint density at radius 3 is 2.86 bits per heavy atom. The van der Waals surface area contributed by atoms with Crippen LogP contribution in [0, 0.1) is 17.2 Å². The van der Waals surface area contributed by atoms with E-state index in [0.717, 1.165) is 12.8 Å².